The molecular formula is C25H27FN2O3. The number of hydrogen-bond acceptors (Lipinski definition) is 4. The molecule has 1 aliphatic rings. The third-order valence-corrected chi connectivity index (χ3v) is 5.68. The standard InChI is InChI=1S/C25H27FN2O3/c1-17-7-8-18(2)22(15-17)30-19-11-13-28(14-12-19)25(29)10-9-24-27-16-23(31-24)20-5-3-4-6-21(20)26/h3-8,15-16,19H,9-14H2,1-2H3. The number of oxazole rings is 1. The van der Waals surface area contributed by atoms with E-state index in [0.29, 0.717) is 43.1 Å². The molecule has 0 saturated carbocycles. The number of benzene rings is 2. The highest BCUT2D eigenvalue weighted by Gasteiger charge is 2.24. The fourth-order valence-corrected chi connectivity index (χ4v) is 3.82. The van der Waals surface area contributed by atoms with Crippen molar-refractivity contribution in [2.45, 2.75) is 45.6 Å². The van der Waals surface area contributed by atoms with Crippen LogP contribution in [0.25, 0.3) is 11.3 Å². The summed E-state index contributed by atoms with van der Waals surface area (Å²) in [6.45, 7) is 5.47. The lowest BCUT2D eigenvalue weighted by atomic mass is 10.1. The summed E-state index contributed by atoms with van der Waals surface area (Å²) in [5.74, 6) is 1.48. The number of likely N-dealkylation sites (tertiary alicyclic amines) is 1. The number of amides is 1. The maximum Gasteiger partial charge on any atom is 0.223 e. The minimum Gasteiger partial charge on any atom is -0.490 e. The van der Waals surface area contributed by atoms with E-state index in [0.717, 1.165) is 24.2 Å². The zero-order valence-electron chi connectivity index (χ0n) is 17.9. The van der Waals surface area contributed by atoms with E-state index in [1.54, 1.807) is 18.2 Å². The Balaban J connectivity index is 1.26. The number of carbonyl (C=O) groups excluding carboxylic acids is 1. The van der Waals surface area contributed by atoms with E-state index in [-0.39, 0.29) is 17.8 Å². The van der Waals surface area contributed by atoms with Crippen LogP contribution in [-0.4, -0.2) is 35.0 Å². The van der Waals surface area contributed by atoms with E-state index in [9.17, 15) is 9.18 Å². The molecule has 0 spiro atoms. The summed E-state index contributed by atoms with van der Waals surface area (Å²) >= 11 is 0. The Hall–Kier alpha value is -3.15. The van der Waals surface area contributed by atoms with E-state index in [1.165, 1.54) is 17.8 Å². The highest BCUT2D eigenvalue weighted by atomic mass is 19.1. The van der Waals surface area contributed by atoms with Gasteiger partial charge in [-0.25, -0.2) is 9.37 Å². The lowest BCUT2D eigenvalue weighted by Crippen LogP contribution is -2.41. The molecule has 1 aromatic heterocycles. The van der Waals surface area contributed by atoms with E-state index in [2.05, 4.69) is 30.1 Å². The minimum absolute atomic E-state index is 0.0795. The molecule has 4 rings (SSSR count). The largest absolute Gasteiger partial charge is 0.490 e. The molecular weight excluding hydrogens is 395 g/mol. The second-order valence-electron chi connectivity index (χ2n) is 8.07. The van der Waals surface area contributed by atoms with Crippen molar-refractivity contribution in [2.24, 2.45) is 0 Å². The number of aryl methyl sites for hydroxylation is 3. The number of ether oxygens (including phenoxy) is 1. The van der Waals surface area contributed by atoms with Crippen molar-refractivity contribution in [1.29, 1.82) is 0 Å². The Morgan fingerprint density at radius 1 is 1.19 bits per heavy atom. The summed E-state index contributed by atoms with van der Waals surface area (Å²) in [7, 11) is 0. The first kappa shape index (κ1) is 21.1. The molecule has 2 heterocycles. The Bertz CT molecular complexity index is 1050. The van der Waals surface area contributed by atoms with Crippen LogP contribution in [0.1, 0.15) is 36.3 Å². The van der Waals surface area contributed by atoms with E-state index < -0.39 is 0 Å². The Morgan fingerprint density at radius 3 is 2.74 bits per heavy atom. The summed E-state index contributed by atoms with van der Waals surface area (Å²) in [5.41, 5.74) is 2.68. The van der Waals surface area contributed by atoms with Crippen molar-refractivity contribution >= 4 is 5.91 Å². The first-order valence-corrected chi connectivity index (χ1v) is 10.7. The van der Waals surface area contributed by atoms with Crippen LogP contribution in [0.15, 0.2) is 53.1 Å². The molecule has 1 fully saturated rings. The fourth-order valence-electron chi connectivity index (χ4n) is 3.82. The van der Waals surface area contributed by atoms with Gasteiger partial charge in [0.2, 0.25) is 5.91 Å². The molecule has 31 heavy (non-hydrogen) atoms. The van der Waals surface area contributed by atoms with Gasteiger partial charge in [0.05, 0.1) is 11.8 Å². The molecule has 1 aliphatic heterocycles. The van der Waals surface area contributed by atoms with Crippen molar-refractivity contribution < 1.29 is 18.3 Å². The fraction of sp³-hybridized carbons (Fsp3) is 0.360. The van der Waals surface area contributed by atoms with E-state index in [1.807, 2.05) is 11.8 Å². The van der Waals surface area contributed by atoms with Crippen LogP contribution in [0.2, 0.25) is 0 Å². The Kier molecular flexibility index (Phi) is 6.35. The topological polar surface area (TPSA) is 55.6 Å². The maximum atomic E-state index is 13.9. The van der Waals surface area contributed by atoms with Crippen molar-refractivity contribution in [3.8, 4) is 17.1 Å². The van der Waals surface area contributed by atoms with Gasteiger partial charge >= 0.3 is 0 Å². The number of hydrogen-bond donors (Lipinski definition) is 0. The third kappa shape index (κ3) is 5.13. The first-order valence-electron chi connectivity index (χ1n) is 10.7. The molecule has 0 radical (unpaired) electrons. The van der Waals surface area contributed by atoms with Crippen LogP contribution in [0.3, 0.4) is 0 Å². The molecule has 6 heteroatoms. The molecule has 0 atom stereocenters. The van der Waals surface area contributed by atoms with Gasteiger partial charge in [-0.05, 0) is 43.2 Å². The lowest BCUT2D eigenvalue weighted by Gasteiger charge is -2.32. The maximum absolute atomic E-state index is 13.9. The van der Waals surface area contributed by atoms with Gasteiger partial charge in [-0.3, -0.25) is 4.79 Å². The summed E-state index contributed by atoms with van der Waals surface area (Å²) in [6.07, 6.45) is 3.98. The summed E-state index contributed by atoms with van der Waals surface area (Å²) in [6, 6.07) is 12.6. The van der Waals surface area contributed by atoms with Crippen molar-refractivity contribution in [1.82, 2.24) is 9.88 Å². The predicted molar refractivity (Wildman–Crippen MR) is 116 cm³/mol. The Morgan fingerprint density at radius 2 is 1.97 bits per heavy atom. The SMILES string of the molecule is Cc1ccc(C)c(OC2CCN(C(=O)CCc3ncc(-c4ccccc4F)o3)CC2)c1. The number of nitrogens with zero attached hydrogens (tertiary/aromatic N) is 2. The summed E-state index contributed by atoms with van der Waals surface area (Å²) in [5, 5.41) is 0. The van der Waals surface area contributed by atoms with Crippen LogP contribution in [0.5, 0.6) is 5.75 Å². The normalized spacial score (nSPS) is 14.6. The van der Waals surface area contributed by atoms with Gasteiger partial charge < -0.3 is 14.1 Å². The lowest BCUT2D eigenvalue weighted by molar-refractivity contribution is -0.133. The third-order valence-electron chi connectivity index (χ3n) is 5.68. The van der Waals surface area contributed by atoms with Gasteiger partial charge in [0, 0.05) is 38.8 Å². The molecule has 2 aromatic carbocycles. The summed E-state index contributed by atoms with van der Waals surface area (Å²) in [4.78, 5) is 18.7. The highest BCUT2D eigenvalue weighted by molar-refractivity contribution is 5.76. The second kappa shape index (κ2) is 9.33. The first-order chi connectivity index (χ1) is 15.0. The predicted octanol–water partition coefficient (Wildman–Crippen LogP) is 5.10. The molecule has 3 aromatic rings. The van der Waals surface area contributed by atoms with Gasteiger partial charge in [-0.1, -0.05) is 24.3 Å². The second-order valence-corrected chi connectivity index (χ2v) is 8.07. The Labute approximate surface area is 181 Å². The van der Waals surface area contributed by atoms with Crippen LogP contribution in [-0.2, 0) is 11.2 Å². The zero-order valence-corrected chi connectivity index (χ0v) is 17.9. The molecule has 0 unspecified atom stereocenters. The molecule has 1 amide bonds. The smallest absolute Gasteiger partial charge is 0.223 e. The average molecular weight is 423 g/mol. The monoisotopic (exact) mass is 422 g/mol. The number of aromatic nitrogens is 1. The number of halogens is 1. The molecule has 162 valence electrons. The van der Waals surface area contributed by atoms with Gasteiger partial charge in [-0.15, -0.1) is 0 Å². The minimum atomic E-state index is -0.354. The van der Waals surface area contributed by atoms with Crippen LogP contribution < -0.4 is 4.74 Å². The van der Waals surface area contributed by atoms with E-state index in [4.69, 9.17) is 9.15 Å². The number of carbonyl (C=O) groups is 1. The van der Waals surface area contributed by atoms with Gasteiger partial charge in [0.25, 0.3) is 0 Å². The van der Waals surface area contributed by atoms with Crippen molar-refractivity contribution in [3.05, 3.63) is 71.5 Å². The summed E-state index contributed by atoms with van der Waals surface area (Å²) < 4.78 is 25.7. The highest BCUT2D eigenvalue weighted by Crippen LogP contribution is 2.25. The van der Waals surface area contributed by atoms with Gasteiger partial charge in [0.15, 0.2) is 11.7 Å². The van der Waals surface area contributed by atoms with Crippen molar-refractivity contribution in [2.75, 3.05) is 13.1 Å². The van der Waals surface area contributed by atoms with Crippen LogP contribution in [0.4, 0.5) is 4.39 Å². The molecule has 5 nitrogen and oxygen atoms in total. The molecule has 0 aliphatic carbocycles. The number of rotatable bonds is 6. The quantitative estimate of drug-likeness (QED) is 0.555. The van der Waals surface area contributed by atoms with Gasteiger partial charge in [-0.2, -0.15) is 0 Å². The molecule has 1 saturated heterocycles. The number of piperidine rings is 1. The zero-order chi connectivity index (χ0) is 21.8. The molecule has 0 N–H and O–H groups in total. The van der Waals surface area contributed by atoms with Gasteiger partial charge in [0.1, 0.15) is 17.7 Å². The average Bonchev–Trinajstić information content (AvgIpc) is 3.24. The van der Waals surface area contributed by atoms with Crippen LogP contribution in [0, 0.1) is 19.7 Å². The van der Waals surface area contributed by atoms with Crippen LogP contribution >= 0.6 is 0 Å². The van der Waals surface area contributed by atoms with Crippen molar-refractivity contribution in [3.63, 3.8) is 0 Å². The van der Waals surface area contributed by atoms with E-state index >= 15 is 0 Å². The molecule has 0 bridgehead atoms.